The van der Waals surface area contributed by atoms with Crippen LogP contribution in [0.15, 0.2) is 48.5 Å². The van der Waals surface area contributed by atoms with Crippen LogP contribution in [-0.4, -0.2) is 0 Å². The number of halogens is 1. The predicted octanol–water partition coefficient (Wildman–Crippen LogP) is 4.14. The maximum atomic E-state index is 13.7. The lowest BCUT2D eigenvalue weighted by atomic mass is 9.80. The van der Waals surface area contributed by atoms with Crippen molar-refractivity contribution in [1.82, 2.24) is 0 Å². The minimum Gasteiger partial charge on any atom is -0.318 e. The molecule has 0 aromatic heterocycles. The van der Waals surface area contributed by atoms with E-state index in [0.29, 0.717) is 0 Å². The van der Waals surface area contributed by atoms with Gasteiger partial charge in [0.05, 0.1) is 5.54 Å². The topological polar surface area (TPSA) is 26.0 Å². The van der Waals surface area contributed by atoms with Crippen LogP contribution in [0, 0.1) is 12.7 Å². The molecule has 19 heavy (non-hydrogen) atoms. The lowest BCUT2D eigenvalue weighted by Gasteiger charge is -2.31. The molecule has 0 heterocycles. The van der Waals surface area contributed by atoms with E-state index < -0.39 is 5.54 Å². The summed E-state index contributed by atoms with van der Waals surface area (Å²) >= 11 is 0. The summed E-state index contributed by atoms with van der Waals surface area (Å²) in [4.78, 5) is 0. The maximum absolute atomic E-state index is 13.7. The second kappa shape index (κ2) is 5.54. The Balaban J connectivity index is 2.56. The van der Waals surface area contributed by atoms with Gasteiger partial charge in [-0.05, 0) is 42.2 Å². The highest BCUT2D eigenvalue weighted by Crippen LogP contribution is 2.32. The molecule has 2 N–H and O–H groups in total. The molecule has 1 atom stereocenters. The van der Waals surface area contributed by atoms with Crippen LogP contribution in [0.2, 0.25) is 0 Å². The van der Waals surface area contributed by atoms with Gasteiger partial charge in [0.15, 0.2) is 0 Å². The second-order valence-electron chi connectivity index (χ2n) is 5.10. The molecule has 100 valence electrons. The second-order valence-corrected chi connectivity index (χ2v) is 5.10. The van der Waals surface area contributed by atoms with Crippen molar-refractivity contribution in [3.63, 3.8) is 0 Å². The van der Waals surface area contributed by atoms with Crippen molar-refractivity contribution in [3.8, 4) is 0 Å². The molecule has 0 radical (unpaired) electrons. The van der Waals surface area contributed by atoms with Crippen LogP contribution in [-0.2, 0) is 5.54 Å². The molecule has 0 aliphatic rings. The maximum Gasteiger partial charge on any atom is 0.123 e. The first kappa shape index (κ1) is 13.8. The molecule has 0 amide bonds. The normalized spacial score (nSPS) is 14.1. The highest BCUT2D eigenvalue weighted by molar-refractivity contribution is 5.39. The van der Waals surface area contributed by atoms with E-state index in [1.807, 2.05) is 43.3 Å². The van der Waals surface area contributed by atoms with Crippen LogP contribution in [0.4, 0.5) is 4.39 Å². The molecule has 0 aliphatic heterocycles. The zero-order chi connectivity index (χ0) is 13.9. The standard InChI is InChI=1S/C17H20FN/c1-3-9-17(19,14-7-5-4-6-8-14)15-10-13(2)11-16(18)12-15/h4-8,10-12H,3,9,19H2,1-2H3. The Kier molecular flexibility index (Phi) is 4.01. The zero-order valence-electron chi connectivity index (χ0n) is 11.5. The third-order valence-electron chi connectivity index (χ3n) is 3.49. The van der Waals surface area contributed by atoms with Crippen LogP contribution in [0.3, 0.4) is 0 Å². The van der Waals surface area contributed by atoms with Crippen LogP contribution in [0.5, 0.6) is 0 Å². The number of hydrogen-bond acceptors (Lipinski definition) is 1. The quantitative estimate of drug-likeness (QED) is 0.875. The van der Waals surface area contributed by atoms with Crippen LogP contribution in [0.25, 0.3) is 0 Å². The van der Waals surface area contributed by atoms with E-state index in [2.05, 4.69) is 6.92 Å². The van der Waals surface area contributed by atoms with Crippen molar-refractivity contribution in [3.05, 3.63) is 71.0 Å². The number of hydrogen-bond donors (Lipinski definition) is 1. The fraction of sp³-hybridized carbons (Fsp3) is 0.294. The minimum atomic E-state index is -0.622. The van der Waals surface area contributed by atoms with Gasteiger partial charge in [0.2, 0.25) is 0 Å². The number of benzene rings is 2. The number of aryl methyl sites for hydroxylation is 1. The van der Waals surface area contributed by atoms with Crippen LogP contribution >= 0.6 is 0 Å². The zero-order valence-corrected chi connectivity index (χ0v) is 11.5. The van der Waals surface area contributed by atoms with Gasteiger partial charge in [-0.3, -0.25) is 0 Å². The van der Waals surface area contributed by atoms with Crippen molar-refractivity contribution in [2.24, 2.45) is 5.73 Å². The van der Waals surface area contributed by atoms with E-state index in [-0.39, 0.29) is 5.82 Å². The summed E-state index contributed by atoms with van der Waals surface area (Å²) in [6.45, 7) is 3.99. The van der Waals surface area contributed by atoms with Crippen molar-refractivity contribution in [2.75, 3.05) is 0 Å². The van der Waals surface area contributed by atoms with Gasteiger partial charge in [0.25, 0.3) is 0 Å². The molecule has 1 unspecified atom stereocenters. The Hall–Kier alpha value is -1.67. The lowest BCUT2D eigenvalue weighted by Crippen LogP contribution is -2.38. The monoisotopic (exact) mass is 257 g/mol. The van der Waals surface area contributed by atoms with Crippen molar-refractivity contribution < 1.29 is 4.39 Å². The first-order valence-corrected chi connectivity index (χ1v) is 6.68. The summed E-state index contributed by atoms with van der Waals surface area (Å²) in [6.07, 6.45) is 1.74. The molecule has 0 spiro atoms. The summed E-state index contributed by atoms with van der Waals surface area (Å²) in [5.41, 5.74) is 8.77. The third-order valence-corrected chi connectivity index (χ3v) is 3.49. The largest absolute Gasteiger partial charge is 0.318 e. The van der Waals surface area contributed by atoms with Gasteiger partial charge >= 0.3 is 0 Å². The molecule has 2 aromatic carbocycles. The molecule has 2 rings (SSSR count). The van der Waals surface area contributed by atoms with E-state index >= 15 is 0 Å². The molecule has 2 heteroatoms. The fourth-order valence-electron chi connectivity index (χ4n) is 2.58. The summed E-state index contributed by atoms with van der Waals surface area (Å²) in [5, 5.41) is 0. The number of rotatable bonds is 4. The van der Waals surface area contributed by atoms with Crippen molar-refractivity contribution in [1.29, 1.82) is 0 Å². The Labute approximate surface area is 114 Å². The van der Waals surface area contributed by atoms with Gasteiger partial charge in [0, 0.05) is 0 Å². The Morgan fingerprint density at radius 2 is 1.74 bits per heavy atom. The SMILES string of the molecule is CCCC(N)(c1ccccc1)c1cc(C)cc(F)c1. The minimum absolute atomic E-state index is 0.225. The molecule has 0 aliphatic carbocycles. The Bertz CT molecular complexity index is 530. The Morgan fingerprint density at radius 3 is 2.32 bits per heavy atom. The first-order chi connectivity index (χ1) is 9.06. The van der Waals surface area contributed by atoms with Gasteiger partial charge in [-0.1, -0.05) is 49.7 Å². The highest BCUT2D eigenvalue weighted by Gasteiger charge is 2.29. The first-order valence-electron chi connectivity index (χ1n) is 6.68. The summed E-state index contributed by atoms with van der Waals surface area (Å²) in [6, 6.07) is 15.0. The number of nitrogens with two attached hydrogens (primary N) is 1. The van der Waals surface area contributed by atoms with Gasteiger partial charge in [0.1, 0.15) is 5.82 Å². The average molecular weight is 257 g/mol. The van der Waals surface area contributed by atoms with Gasteiger partial charge in [-0.25, -0.2) is 4.39 Å². The predicted molar refractivity (Wildman–Crippen MR) is 77.5 cm³/mol. The smallest absolute Gasteiger partial charge is 0.123 e. The molecule has 2 aromatic rings. The lowest BCUT2D eigenvalue weighted by molar-refractivity contribution is 0.480. The van der Waals surface area contributed by atoms with Gasteiger partial charge < -0.3 is 5.73 Å². The van der Waals surface area contributed by atoms with E-state index in [0.717, 1.165) is 29.5 Å². The third kappa shape index (κ3) is 2.85. The van der Waals surface area contributed by atoms with E-state index in [1.54, 1.807) is 6.07 Å². The van der Waals surface area contributed by atoms with E-state index in [4.69, 9.17) is 5.73 Å². The summed E-state index contributed by atoms with van der Waals surface area (Å²) in [5.74, 6) is -0.225. The van der Waals surface area contributed by atoms with Gasteiger partial charge in [-0.15, -0.1) is 0 Å². The molecular weight excluding hydrogens is 237 g/mol. The molecule has 0 saturated carbocycles. The van der Waals surface area contributed by atoms with Crippen LogP contribution in [0.1, 0.15) is 36.5 Å². The van der Waals surface area contributed by atoms with Gasteiger partial charge in [-0.2, -0.15) is 0 Å². The highest BCUT2D eigenvalue weighted by atomic mass is 19.1. The van der Waals surface area contributed by atoms with Crippen molar-refractivity contribution >= 4 is 0 Å². The van der Waals surface area contributed by atoms with E-state index in [9.17, 15) is 4.39 Å². The Morgan fingerprint density at radius 1 is 1.05 bits per heavy atom. The summed E-state index contributed by atoms with van der Waals surface area (Å²) < 4.78 is 13.7. The summed E-state index contributed by atoms with van der Waals surface area (Å²) in [7, 11) is 0. The molecule has 0 saturated heterocycles. The fourth-order valence-corrected chi connectivity index (χ4v) is 2.58. The molecular formula is C17H20FN. The molecule has 0 bridgehead atoms. The molecule has 1 nitrogen and oxygen atoms in total. The van der Waals surface area contributed by atoms with Crippen LogP contribution < -0.4 is 5.73 Å². The average Bonchev–Trinajstić information content (AvgIpc) is 2.39. The van der Waals surface area contributed by atoms with E-state index in [1.165, 1.54) is 6.07 Å². The van der Waals surface area contributed by atoms with Crippen molar-refractivity contribution in [2.45, 2.75) is 32.2 Å². The molecule has 0 fully saturated rings.